The average molecular weight is 390 g/mol. The van der Waals surface area contributed by atoms with E-state index in [-0.39, 0.29) is 5.91 Å². The molecule has 0 unspecified atom stereocenters. The summed E-state index contributed by atoms with van der Waals surface area (Å²) < 4.78 is 7.04. The number of methoxy groups -OCH3 is 1. The van der Waals surface area contributed by atoms with E-state index in [4.69, 9.17) is 4.74 Å². The number of fused-ring (bicyclic) bond motifs is 1. The number of aromatic nitrogens is 1. The summed E-state index contributed by atoms with van der Waals surface area (Å²) in [4.78, 5) is 25.1. The van der Waals surface area contributed by atoms with Gasteiger partial charge in [0.25, 0.3) is 5.91 Å². The van der Waals surface area contributed by atoms with Crippen LogP contribution in [-0.2, 0) is 11.3 Å². The lowest BCUT2D eigenvalue weighted by molar-refractivity contribution is 0.0602. The Hall–Kier alpha value is -3.08. The molecule has 0 atom stereocenters. The van der Waals surface area contributed by atoms with E-state index in [0.717, 1.165) is 17.4 Å². The van der Waals surface area contributed by atoms with Crippen LogP contribution in [-0.4, -0.2) is 23.6 Å². The van der Waals surface area contributed by atoms with Gasteiger partial charge in [-0.15, -0.1) is 0 Å². The molecule has 2 aromatic carbocycles. The number of rotatable bonds is 5. The zero-order valence-electron chi connectivity index (χ0n) is 16.7. The molecule has 1 N–H and O–H groups in total. The number of para-hydroxylation sites is 2. The fourth-order valence-corrected chi connectivity index (χ4v) is 4.30. The molecule has 1 aliphatic carbocycles. The van der Waals surface area contributed by atoms with Gasteiger partial charge < -0.3 is 14.6 Å². The minimum Gasteiger partial charge on any atom is -0.465 e. The molecule has 0 radical (unpaired) electrons. The first-order valence-corrected chi connectivity index (χ1v) is 10.2. The van der Waals surface area contributed by atoms with E-state index < -0.39 is 5.97 Å². The third kappa shape index (κ3) is 4.04. The van der Waals surface area contributed by atoms with Gasteiger partial charge in [0.05, 0.1) is 23.9 Å². The van der Waals surface area contributed by atoms with Gasteiger partial charge in [-0.3, -0.25) is 4.79 Å². The Bertz CT molecular complexity index is 1030. The van der Waals surface area contributed by atoms with Crippen molar-refractivity contribution < 1.29 is 14.3 Å². The highest BCUT2D eigenvalue weighted by Gasteiger charge is 2.20. The van der Waals surface area contributed by atoms with Crippen LogP contribution >= 0.6 is 0 Å². The lowest BCUT2D eigenvalue weighted by Crippen LogP contribution is -2.16. The van der Waals surface area contributed by atoms with Gasteiger partial charge in [0.15, 0.2) is 0 Å². The Kier molecular flexibility index (Phi) is 5.65. The largest absolute Gasteiger partial charge is 0.465 e. The normalized spacial score (nSPS) is 14.7. The molecule has 5 heteroatoms. The minimum absolute atomic E-state index is 0.222. The second-order valence-electron chi connectivity index (χ2n) is 7.71. The summed E-state index contributed by atoms with van der Waals surface area (Å²) in [5.41, 5.74) is 2.49. The summed E-state index contributed by atoms with van der Waals surface area (Å²) in [7, 11) is 1.33. The van der Waals surface area contributed by atoms with Crippen molar-refractivity contribution in [1.29, 1.82) is 0 Å². The molecule has 1 amide bonds. The molecule has 1 aliphatic rings. The predicted octanol–water partition coefficient (Wildman–Crippen LogP) is 5.26. The number of nitrogens with zero attached hydrogens (tertiary/aromatic N) is 1. The second kappa shape index (κ2) is 8.52. The number of hydrogen-bond acceptors (Lipinski definition) is 3. The molecule has 0 aliphatic heterocycles. The summed E-state index contributed by atoms with van der Waals surface area (Å²) in [6.45, 7) is 0.937. The van der Waals surface area contributed by atoms with E-state index in [1.165, 1.54) is 39.2 Å². The molecule has 0 spiro atoms. The number of carbonyl (C=O) groups excluding carboxylic acids is 2. The third-order valence-electron chi connectivity index (χ3n) is 5.79. The van der Waals surface area contributed by atoms with E-state index in [1.807, 2.05) is 24.4 Å². The number of esters is 1. The van der Waals surface area contributed by atoms with Gasteiger partial charge in [0.1, 0.15) is 0 Å². The maximum atomic E-state index is 13.1. The summed E-state index contributed by atoms with van der Waals surface area (Å²) in [5.74, 6) is -0.0314. The first kappa shape index (κ1) is 19.2. The van der Waals surface area contributed by atoms with Gasteiger partial charge in [-0.2, -0.15) is 0 Å². The quantitative estimate of drug-likeness (QED) is 0.605. The van der Waals surface area contributed by atoms with Gasteiger partial charge in [-0.25, -0.2) is 4.79 Å². The van der Waals surface area contributed by atoms with Crippen molar-refractivity contribution in [2.75, 3.05) is 12.4 Å². The lowest BCUT2D eigenvalue weighted by Gasteiger charge is -2.22. The summed E-state index contributed by atoms with van der Waals surface area (Å²) >= 11 is 0. The monoisotopic (exact) mass is 390 g/mol. The first-order chi connectivity index (χ1) is 14.2. The van der Waals surface area contributed by atoms with Crippen molar-refractivity contribution in [2.45, 2.75) is 38.6 Å². The van der Waals surface area contributed by atoms with Gasteiger partial charge >= 0.3 is 5.97 Å². The number of hydrogen-bond donors (Lipinski definition) is 1. The van der Waals surface area contributed by atoms with Crippen LogP contribution in [0.5, 0.6) is 0 Å². The van der Waals surface area contributed by atoms with Crippen molar-refractivity contribution in [2.24, 2.45) is 5.92 Å². The second-order valence-corrected chi connectivity index (χ2v) is 7.71. The summed E-state index contributed by atoms with van der Waals surface area (Å²) in [5, 5.41) is 3.83. The zero-order valence-corrected chi connectivity index (χ0v) is 16.7. The standard InChI is InChI=1S/C24H26N2O3/c1-29-24(28)19-12-5-7-13-21(19)25-23(27)20-16-26(15-17-9-3-2-4-10-17)22-14-8-6-11-18(20)22/h5-8,11-14,16-17H,2-4,9-10,15H2,1H3,(H,25,27). The molecule has 1 heterocycles. The van der Waals surface area contributed by atoms with Crippen molar-refractivity contribution in [3.63, 3.8) is 0 Å². The Morgan fingerprint density at radius 2 is 1.72 bits per heavy atom. The smallest absolute Gasteiger partial charge is 0.339 e. The maximum absolute atomic E-state index is 13.1. The van der Waals surface area contributed by atoms with Crippen molar-refractivity contribution in [1.82, 2.24) is 4.57 Å². The number of nitrogens with one attached hydrogen (secondary N) is 1. The van der Waals surface area contributed by atoms with Crippen LogP contribution in [0.3, 0.4) is 0 Å². The summed E-state index contributed by atoms with van der Waals surface area (Å²) in [6, 6.07) is 14.9. The fourth-order valence-electron chi connectivity index (χ4n) is 4.30. The molecule has 3 aromatic rings. The summed E-state index contributed by atoms with van der Waals surface area (Å²) in [6.07, 6.45) is 8.37. The topological polar surface area (TPSA) is 60.3 Å². The van der Waals surface area contributed by atoms with E-state index >= 15 is 0 Å². The highest BCUT2D eigenvalue weighted by Crippen LogP contribution is 2.29. The lowest BCUT2D eigenvalue weighted by atomic mass is 9.89. The Balaban J connectivity index is 1.64. The van der Waals surface area contributed by atoms with Crippen LogP contribution in [0.4, 0.5) is 5.69 Å². The van der Waals surface area contributed by atoms with Crippen molar-refractivity contribution in [3.05, 3.63) is 65.9 Å². The van der Waals surface area contributed by atoms with Crippen LogP contribution in [0.15, 0.2) is 54.7 Å². The first-order valence-electron chi connectivity index (χ1n) is 10.2. The highest BCUT2D eigenvalue weighted by molar-refractivity contribution is 6.14. The zero-order chi connectivity index (χ0) is 20.2. The van der Waals surface area contributed by atoms with E-state index in [0.29, 0.717) is 22.7 Å². The molecule has 150 valence electrons. The third-order valence-corrected chi connectivity index (χ3v) is 5.79. The number of carbonyl (C=O) groups is 2. The van der Waals surface area contributed by atoms with E-state index in [2.05, 4.69) is 16.0 Å². The van der Waals surface area contributed by atoms with Gasteiger partial charge in [-0.1, -0.05) is 49.6 Å². The molecular weight excluding hydrogens is 364 g/mol. The van der Waals surface area contributed by atoms with E-state index in [9.17, 15) is 9.59 Å². The van der Waals surface area contributed by atoms with Crippen LogP contribution < -0.4 is 5.32 Å². The van der Waals surface area contributed by atoms with Crippen LogP contribution in [0.1, 0.15) is 52.8 Å². The maximum Gasteiger partial charge on any atom is 0.339 e. The van der Waals surface area contributed by atoms with Gasteiger partial charge in [-0.05, 0) is 37.0 Å². The Morgan fingerprint density at radius 3 is 2.52 bits per heavy atom. The molecule has 1 aromatic heterocycles. The molecule has 5 nitrogen and oxygen atoms in total. The van der Waals surface area contributed by atoms with Crippen molar-refractivity contribution in [3.8, 4) is 0 Å². The van der Waals surface area contributed by atoms with Crippen LogP contribution in [0.2, 0.25) is 0 Å². The van der Waals surface area contributed by atoms with Gasteiger partial charge in [0.2, 0.25) is 0 Å². The Morgan fingerprint density at radius 1 is 1.00 bits per heavy atom. The van der Waals surface area contributed by atoms with Crippen LogP contribution in [0.25, 0.3) is 10.9 Å². The van der Waals surface area contributed by atoms with Crippen LogP contribution in [0, 0.1) is 5.92 Å². The minimum atomic E-state index is -0.472. The number of ether oxygens (including phenoxy) is 1. The number of benzene rings is 2. The van der Waals surface area contributed by atoms with Gasteiger partial charge in [0, 0.05) is 23.6 Å². The molecular formula is C24H26N2O3. The Labute approximate surface area is 170 Å². The highest BCUT2D eigenvalue weighted by atomic mass is 16.5. The number of anilines is 1. The molecule has 1 fully saturated rings. The predicted molar refractivity (Wildman–Crippen MR) is 114 cm³/mol. The molecule has 0 bridgehead atoms. The fraction of sp³-hybridized carbons (Fsp3) is 0.333. The molecule has 1 saturated carbocycles. The molecule has 4 rings (SSSR count). The number of amides is 1. The van der Waals surface area contributed by atoms with Crippen molar-refractivity contribution >= 4 is 28.5 Å². The molecule has 29 heavy (non-hydrogen) atoms. The average Bonchev–Trinajstić information content (AvgIpc) is 3.13. The van der Waals surface area contributed by atoms with E-state index in [1.54, 1.807) is 24.3 Å². The SMILES string of the molecule is COC(=O)c1ccccc1NC(=O)c1cn(CC2CCCCC2)c2ccccc12. The molecule has 0 saturated heterocycles.